The molecule has 0 radical (unpaired) electrons. The summed E-state index contributed by atoms with van der Waals surface area (Å²) < 4.78 is 13.1. The largest absolute Gasteiger partial charge is 0.327 e. The number of nitrogens with one attached hydrogen (secondary N) is 1. The maximum absolute atomic E-state index is 13.1. The third-order valence-corrected chi connectivity index (χ3v) is 4.77. The number of aryl methyl sites for hydroxylation is 1. The van der Waals surface area contributed by atoms with Gasteiger partial charge in [0.15, 0.2) is 0 Å². The third kappa shape index (κ3) is 3.55. The highest BCUT2D eigenvalue weighted by atomic mass is 19.1. The molecule has 1 aliphatic rings. The summed E-state index contributed by atoms with van der Waals surface area (Å²) in [5.41, 5.74) is 3.28. The van der Waals surface area contributed by atoms with Crippen LogP contribution in [0, 0.1) is 19.7 Å². The van der Waals surface area contributed by atoms with E-state index in [9.17, 15) is 14.0 Å². The number of likely N-dealkylation sites (tertiary alicyclic amines) is 1. The van der Waals surface area contributed by atoms with Crippen molar-refractivity contribution in [1.82, 2.24) is 4.90 Å². The van der Waals surface area contributed by atoms with Gasteiger partial charge < -0.3 is 10.2 Å². The third-order valence-electron chi connectivity index (χ3n) is 4.77. The van der Waals surface area contributed by atoms with E-state index in [0.717, 1.165) is 23.2 Å². The Kier molecular flexibility index (Phi) is 4.83. The van der Waals surface area contributed by atoms with Crippen LogP contribution in [0.2, 0.25) is 0 Å². The fraction of sp³-hybridized carbons (Fsp3) is 0.300. The van der Waals surface area contributed by atoms with Gasteiger partial charge in [-0.05, 0) is 68.1 Å². The zero-order chi connectivity index (χ0) is 18.0. The van der Waals surface area contributed by atoms with Gasteiger partial charge in [-0.1, -0.05) is 12.1 Å². The van der Waals surface area contributed by atoms with Crippen LogP contribution < -0.4 is 5.32 Å². The molecule has 130 valence electrons. The summed E-state index contributed by atoms with van der Waals surface area (Å²) in [5.74, 6) is -0.803. The second-order valence-corrected chi connectivity index (χ2v) is 6.40. The summed E-state index contributed by atoms with van der Waals surface area (Å²) in [6.07, 6.45) is 1.40. The molecule has 0 bridgehead atoms. The van der Waals surface area contributed by atoms with Gasteiger partial charge in [-0.2, -0.15) is 0 Å². The quantitative estimate of drug-likeness (QED) is 0.926. The molecule has 1 fully saturated rings. The van der Waals surface area contributed by atoms with Crippen molar-refractivity contribution in [2.45, 2.75) is 32.7 Å². The molecule has 1 N–H and O–H groups in total. The van der Waals surface area contributed by atoms with E-state index in [1.54, 1.807) is 4.90 Å². The van der Waals surface area contributed by atoms with Crippen molar-refractivity contribution in [3.8, 4) is 0 Å². The topological polar surface area (TPSA) is 49.4 Å². The summed E-state index contributed by atoms with van der Waals surface area (Å²) in [5, 5.41) is 2.95. The monoisotopic (exact) mass is 340 g/mol. The molecule has 0 aromatic heterocycles. The van der Waals surface area contributed by atoms with Crippen LogP contribution in [0.5, 0.6) is 0 Å². The molecule has 4 nitrogen and oxygen atoms in total. The lowest BCUT2D eigenvalue weighted by atomic mass is 10.1. The average Bonchev–Trinajstić information content (AvgIpc) is 3.09. The fourth-order valence-electron chi connectivity index (χ4n) is 3.14. The van der Waals surface area contributed by atoms with Gasteiger partial charge in [0.05, 0.1) is 0 Å². The summed E-state index contributed by atoms with van der Waals surface area (Å²) in [4.78, 5) is 27.0. The number of halogens is 1. The summed E-state index contributed by atoms with van der Waals surface area (Å²) in [7, 11) is 0. The van der Waals surface area contributed by atoms with Gasteiger partial charge in [0, 0.05) is 17.8 Å². The number of amides is 2. The standard InChI is InChI=1S/C20H21FN2O2/c1-13-5-3-6-17(14(13)2)22-19(24)18-7-4-12-23(18)20(25)15-8-10-16(21)11-9-15/h3,5-6,8-11,18H,4,7,12H2,1-2H3,(H,22,24)/t18-/m1/s1. The first-order chi connectivity index (χ1) is 12.0. The number of benzene rings is 2. The SMILES string of the molecule is Cc1cccc(NC(=O)[C@H]2CCCN2C(=O)c2ccc(F)cc2)c1C. The minimum atomic E-state index is -0.502. The van der Waals surface area contributed by atoms with Crippen molar-refractivity contribution < 1.29 is 14.0 Å². The molecule has 1 atom stereocenters. The Morgan fingerprint density at radius 3 is 2.56 bits per heavy atom. The van der Waals surface area contributed by atoms with E-state index < -0.39 is 6.04 Å². The number of nitrogens with zero attached hydrogens (tertiary/aromatic N) is 1. The second-order valence-electron chi connectivity index (χ2n) is 6.40. The van der Waals surface area contributed by atoms with Crippen molar-refractivity contribution >= 4 is 17.5 Å². The Morgan fingerprint density at radius 2 is 1.84 bits per heavy atom. The van der Waals surface area contributed by atoms with Crippen molar-refractivity contribution in [3.05, 3.63) is 65.0 Å². The Bertz CT molecular complexity index is 802. The molecule has 0 unspecified atom stereocenters. The number of hydrogen-bond donors (Lipinski definition) is 1. The van der Waals surface area contributed by atoms with Gasteiger partial charge in [-0.15, -0.1) is 0 Å². The van der Waals surface area contributed by atoms with Crippen LogP contribution >= 0.6 is 0 Å². The van der Waals surface area contributed by atoms with E-state index in [4.69, 9.17) is 0 Å². The normalized spacial score (nSPS) is 16.8. The number of rotatable bonds is 3. The smallest absolute Gasteiger partial charge is 0.254 e. The van der Waals surface area contributed by atoms with E-state index >= 15 is 0 Å². The molecular formula is C20H21FN2O2. The maximum atomic E-state index is 13.1. The molecule has 1 aliphatic heterocycles. The van der Waals surface area contributed by atoms with Crippen LogP contribution in [-0.2, 0) is 4.79 Å². The lowest BCUT2D eigenvalue weighted by Crippen LogP contribution is -2.43. The number of anilines is 1. The zero-order valence-electron chi connectivity index (χ0n) is 14.4. The molecule has 2 aromatic rings. The lowest BCUT2D eigenvalue weighted by Gasteiger charge is -2.24. The summed E-state index contributed by atoms with van der Waals surface area (Å²) in [6, 6.07) is 10.7. The van der Waals surface area contributed by atoms with Crippen LogP contribution in [0.4, 0.5) is 10.1 Å². The Hall–Kier alpha value is -2.69. The molecule has 1 saturated heterocycles. The Morgan fingerprint density at radius 1 is 1.12 bits per heavy atom. The molecule has 0 aliphatic carbocycles. The van der Waals surface area contributed by atoms with Crippen molar-refractivity contribution in [2.75, 3.05) is 11.9 Å². The molecule has 25 heavy (non-hydrogen) atoms. The minimum absolute atomic E-state index is 0.179. The molecular weight excluding hydrogens is 319 g/mol. The van der Waals surface area contributed by atoms with Crippen LogP contribution in [0.15, 0.2) is 42.5 Å². The van der Waals surface area contributed by atoms with Crippen LogP contribution in [0.3, 0.4) is 0 Å². The maximum Gasteiger partial charge on any atom is 0.254 e. The Balaban J connectivity index is 1.76. The number of hydrogen-bond acceptors (Lipinski definition) is 2. The first-order valence-corrected chi connectivity index (χ1v) is 8.41. The molecule has 1 heterocycles. The summed E-state index contributed by atoms with van der Waals surface area (Å²) >= 11 is 0. The fourth-order valence-corrected chi connectivity index (χ4v) is 3.14. The zero-order valence-corrected chi connectivity index (χ0v) is 14.4. The van der Waals surface area contributed by atoms with Crippen molar-refractivity contribution in [1.29, 1.82) is 0 Å². The number of carbonyl (C=O) groups is 2. The van der Waals surface area contributed by atoms with E-state index in [1.807, 2.05) is 32.0 Å². The van der Waals surface area contributed by atoms with E-state index in [0.29, 0.717) is 18.5 Å². The average molecular weight is 340 g/mol. The first kappa shape index (κ1) is 17.1. The van der Waals surface area contributed by atoms with E-state index in [-0.39, 0.29) is 17.6 Å². The minimum Gasteiger partial charge on any atom is -0.327 e. The van der Waals surface area contributed by atoms with Crippen LogP contribution in [-0.4, -0.2) is 29.3 Å². The highest BCUT2D eigenvalue weighted by Gasteiger charge is 2.34. The predicted molar refractivity (Wildman–Crippen MR) is 95.0 cm³/mol. The highest BCUT2D eigenvalue weighted by molar-refractivity contribution is 6.01. The van der Waals surface area contributed by atoms with Crippen molar-refractivity contribution in [3.63, 3.8) is 0 Å². The predicted octanol–water partition coefficient (Wildman–Crippen LogP) is 3.69. The van der Waals surface area contributed by atoms with Gasteiger partial charge in [0.2, 0.25) is 5.91 Å². The van der Waals surface area contributed by atoms with E-state index in [2.05, 4.69) is 5.32 Å². The lowest BCUT2D eigenvalue weighted by molar-refractivity contribution is -0.119. The molecule has 2 aromatic carbocycles. The number of carbonyl (C=O) groups excluding carboxylic acids is 2. The van der Waals surface area contributed by atoms with Gasteiger partial charge in [-0.25, -0.2) is 4.39 Å². The van der Waals surface area contributed by atoms with Crippen LogP contribution in [0.25, 0.3) is 0 Å². The van der Waals surface area contributed by atoms with E-state index in [1.165, 1.54) is 24.3 Å². The molecule has 2 amide bonds. The van der Waals surface area contributed by atoms with Crippen molar-refractivity contribution in [2.24, 2.45) is 0 Å². The van der Waals surface area contributed by atoms with Gasteiger partial charge >= 0.3 is 0 Å². The molecule has 3 rings (SSSR count). The summed E-state index contributed by atoms with van der Waals surface area (Å²) in [6.45, 7) is 4.48. The molecule has 0 saturated carbocycles. The molecule has 5 heteroatoms. The first-order valence-electron chi connectivity index (χ1n) is 8.41. The van der Waals surface area contributed by atoms with Crippen LogP contribution in [0.1, 0.15) is 34.3 Å². The highest BCUT2D eigenvalue weighted by Crippen LogP contribution is 2.24. The Labute approximate surface area is 146 Å². The van der Waals surface area contributed by atoms with Gasteiger partial charge in [0.1, 0.15) is 11.9 Å². The molecule has 0 spiro atoms. The second kappa shape index (κ2) is 7.05. The van der Waals surface area contributed by atoms with Gasteiger partial charge in [-0.3, -0.25) is 9.59 Å². The van der Waals surface area contributed by atoms with Gasteiger partial charge in [0.25, 0.3) is 5.91 Å².